The molecule has 2 rings (SSSR count). The molecule has 1 aliphatic carbocycles. The van der Waals surface area contributed by atoms with Gasteiger partial charge in [0.05, 0.1) is 12.1 Å². The van der Waals surface area contributed by atoms with Gasteiger partial charge in [0.1, 0.15) is 0 Å². The van der Waals surface area contributed by atoms with Crippen molar-refractivity contribution < 1.29 is 5.11 Å². The zero-order valence-electron chi connectivity index (χ0n) is 14.8. The highest BCUT2D eigenvalue weighted by molar-refractivity contribution is 14.0. The molecule has 0 amide bonds. The number of benzene rings is 1. The molecule has 3 N–H and O–H groups in total. The highest BCUT2D eigenvalue weighted by Crippen LogP contribution is 2.28. The van der Waals surface area contributed by atoms with Gasteiger partial charge in [0.25, 0.3) is 0 Å². The Bertz CT molecular complexity index is 473. The van der Waals surface area contributed by atoms with Crippen molar-refractivity contribution in [2.45, 2.75) is 57.5 Å². The van der Waals surface area contributed by atoms with Crippen molar-refractivity contribution in [3.8, 4) is 0 Å². The summed E-state index contributed by atoms with van der Waals surface area (Å²) < 4.78 is 0. The van der Waals surface area contributed by atoms with Crippen LogP contribution in [0.4, 0.5) is 0 Å². The lowest BCUT2D eigenvalue weighted by atomic mass is 9.85. The summed E-state index contributed by atoms with van der Waals surface area (Å²) in [5, 5.41) is 17.2. The third kappa shape index (κ3) is 7.83. The van der Waals surface area contributed by atoms with Gasteiger partial charge in [-0.25, -0.2) is 0 Å². The second kappa shape index (κ2) is 11.7. The third-order valence-electron chi connectivity index (χ3n) is 4.44. The van der Waals surface area contributed by atoms with E-state index < -0.39 is 5.60 Å². The molecule has 0 spiro atoms. The van der Waals surface area contributed by atoms with Crippen LogP contribution in [0.25, 0.3) is 0 Å². The summed E-state index contributed by atoms with van der Waals surface area (Å²) in [7, 11) is 0. The topological polar surface area (TPSA) is 56.7 Å². The van der Waals surface area contributed by atoms with Crippen LogP contribution in [0.2, 0.25) is 0 Å². The summed E-state index contributed by atoms with van der Waals surface area (Å²) in [6.07, 6.45) is 7.37. The molecule has 0 unspecified atom stereocenters. The number of guanidine groups is 1. The van der Waals surface area contributed by atoms with Crippen LogP contribution < -0.4 is 10.6 Å². The van der Waals surface area contributed by atoms with E-state index >= 15 is 0 Å². The van der Waals surface area contributed by atoms with E-state index in [2.05, 4.69) is 46.8 Å². The van der Waals surface area contributed by atoms with E-state index in [0.717, 1.165) is 57.6 Å². The molecule has 0 aromatic heterocycles. The molecule has 1 fully saturated rings. The predicted molar refractivity (Wildman–Crippen MR) is 112 cm³/mol. The Morgan fingerprint density at radius 3 is 2.50 bits per heavy atom. The van der Waals surface area contributed by atoms with Crippen molar-refractivity contribution in [1.29, 1.82) is 0 Å². The molecule has 1 aromatic rings. The first-order valence-corrected chi connectivity index (χ1v) is 9.00. The lowest BCUT2D eigenvalue weighted by molar-refractivity contribution is 0.0131. The lowest BCUT2D eigenvalue weighted by Crippen LogP contribution is -2.41. The van der Waals surface area contributed by atoms with Crippen LogP contribution in [0.1, 0.15) is 51.0 Å². The molecule has 0 atom stereocenters. The molecule has 4 nitrogen and oxygen atoms in total. The van der Waals surface area contributed by atoms with Gasteiger partial charge in [0.2, 0.25) is 0 Å². The number of nitrogens with zero attached hydrogens (tertiary/aromatic N) is 1. The highest BCUT2D eigenvalue weighted by Gasteiger charge is 2.28. The molecule has 24 heavy (non-hydrogen) atoms. The van der Waals surface area contributed by atoms with Crippen LogP contribution in [-0.2, 0) is 6.42 Å². The molecule has 136 valence electrons. The van der Waals surface area contributed by atoms with E-state index in [1.54, 1.807) is 0 Å². The van der Waals surface area contributed by atoms with Crippen LogP contribution in [0.5, 0.6) is 0 Å². The normalized spacial score (nSPS) is 17.0. The molecule has 5 heteroatoms. The van der Waals surface area contributed by atoms with Gasteiger partial charge in [-0.15, -0.1) is 24.0 Å². The molecule has 1 aromatic carbocycles. The van der Waals surface area contributed by atoms with Gasteiger partial charge in [-0.1, -0.05) is 49.6 Å². The second-order valence-corrected chi connectivity index (χ2v) is 6.50. The molecule has 0 radical (unpaired) electrons. The van der Waals surface area contributed by atoms with Crippen LogP contribution in [-0.4, -0.2) is 36.3 Å². The van der Waals surface area contributed by atoms with E-state index in [1.807, 2.05) is 6.07 Å². The van der Waals surface area contributed by atoms with E-state index in [1.165, 1.54) is 12.0 Å². The van der Waals surface area contributed by atoms with Crippen LogP contribution in [0.3, 0.4) is 0 Å². The average Bonchev–Trinajstić information content (AvgIpc) is 2.58. The van der Waals surface area contributed by atoms with Crippen molar-refractivity contribution in [2.24, 2.45) is 4.99 Å². The number of aliphatic hydroxyl groups is 1. The summed E-state index contributed by atoms with van der Waals surface area (Å²) in [5.41, 5.74) is 0.776. The number of rotatable bonds is 7. The van der Waals surface area contributed by atoms with Crippen LogP contribution in [0, 0.1) is 0 Å². The number of nitrogens with one attached hydrogen (secondary N) is 2. The predicted octanol–water partition coefficient (Wildman–Crippen LogP) is 3.49. The Labute approximate surface area is 163 Å². The minimum absolute atomic E-state index is 0. The smallest absolute Gasteiger partial charge is 0.191 e. The zero-order valence-corrected chi connectivity index (χ0v) is 17.1. The Morgan fingerprint density at radius 1 is 1.12 bits per heavy atom. The minimum Gasteiger partial charge on any atom is -0.388 e. The summed E-state index contributed by atoms with van der Waals surface area (Å²) >= 11 is 0. The fraction of sp³-hybridized carbons (Fsp3) is 0.632. The quantitative estimate of drug-likeness (QED) is 0.261. The fourth-order valence-corrected chi connectivity index (χ4v) is 3.08. The molecule has 0 aliphatic heterocycles. The zero-order chi connectivity index (χ0) is 16.4. The number of aliphatic imine (C=N–C) groups is 1. The molecule has 0 saturated heterocycles. The number of aryl methyl sites for hydroxylation is 1. The first-order chi connectivity index (χ1) is 11.2. The Kier molecular flexibility index (Phi) is 10.3. The van der Waals surface area contributed by atoms with Crippen molar-refractivity contribution in [1.82, 2.24) is 10.6 Å². The molecule has 1 saturated carbocycles. The van der Waals surface area contributed by atoms with Crippen molar-refractivity contribution in [3.63, 3.8) is 0 Å². The molecule has 0 heterocycles. The maximum absolute atomic E-state index is 10.5. The monoisotopic (exact) mass is 445 g/mol. The Morgan fingerprint density at radius 2 is 1.83 bits per heavy atom. The second-order valence-electron chi connectivity index (χ2n) is 6.50. The number of halogens is 1. The van der Waals surface area contributed by atoms with E-state index in [4.69, 9.17) is 0 Å². The molecular weight excluding hydrogens is 413 g/mol. The van der Waals surface area contributed by atoms with Gasteiger partial charge >= 0.3 is 0 Å². The lowest BCUT2D eigenvalue weighted by Gasteiger charge is -2.30. The van der Waals surface area contributed by atoms with Gasteiger partial charge in [-0.05, 0) is 38.2 Å². The summed E-state index contributed by atoms with van der Waals surface area (Å²) in [6, 6.07) is 10.5. The average molecular weight is 445 g/mol. The Hall–Kier alpha value is -0.820. The maximum atomic E-state index is 10.5. The van der Waals surface area contributed by atoms with Gasteiger partial charge in [0.15, 0.2) is 5.96 Å². The Balaban J connectivity index is 0.00000288. The fourth-order valence-electron chi connectivity index (χ4n) is 3.08. The maximum Gasteiger partial charge on any atom is 0.191 e. The standard InChI is InChI=1S/C19H31N3O.HI/c1-2-20-18(22-16-19(23)13-7-4-8-14-19)21-15-9-12-17-10-5-3-6-11-17;/h3,5-6,10-11,23H,2,4,7-9,12-16H2,1H3,(H2,20,21,22);1H. The third-order valence-corrected chi connectivity index (χ3v) is 4.44. The summed E-state index contributed by atoms with van der Waals surface area (Å²) in [4.78, 5) is 4.60. The van der Waals surface area contributed by atoms with E-state index in [0.29, 0.717) is 6.54 Å². The highest BCUT2D eigenvalue weighted by atomic mass is 127. The van der Waals surface area contributed by atoms with E-state index in [9.17, 15) is 5.11 Å². The molecule has 1 aliphatic rings. The molecule has 0 bridgehead atoms. The molecular formula is C19H32IN3O. The van der Waals surface area contributed by atoms with Crippen molar-refractivity contribution >= 4 is 29.9 Å². The number of hydrogen-bond acceptors (Lipinski definition) is 2. The van der Waals surface area contributed by atoms with Crippen molar-refractivity contribution in [2.75, 3.05) is 19.6 Å². The van der Waals surface area contributed by atoms with Gasteiger partial charge < -0.3 is 15.7 Å². The van der Waals surface area contributed by atoms with Gasteiger partial charge in [-0.3, -0.25) is 4.99 Å². The van der Waals surface area contributed by atoms with E-state index in [-0.39, 0.29) is 24.0 Å². The SMILES string of the molecule is CCNC(=NCC1(O)CCCCC1)NCCCc1ccccc1.I. The minimum atomic E-state index is -0.593. The number of hydrogen-bond donors (Lipinski definition) is 3. The largest absolute Gasteiger partial charge is 0.388 e. The first-order valence-electron chi connectivity index (χ1n) is 9.00. The van der Waals surface area contributed by atoms with Gasteiger partial charge in [0, 0.05) is 13.1 Å². The van der Waals surface area contributed by atoms with Gasteiger partial charge in [-0.2, -0.15) is 0 Å². The van der Waals surface area contributed by atoms with Crippen LogP contribution in [0.15, 0.2) is 35.3 Å². The first kappa shape index (κ1) is 21.2. The van der Waals surface area contributed by atoms with Crippen molar-refractivity contribution in [3.05, 3.63) is 35.9 Å². The summed E-state index contributed by atoms with van der Waals surface area (Å²) in [6.45, 7) is 4.29. The summed E-state index contributed by atoms with van der Waals surface area (Å²) in [5.74, 6) is 0.819. The van der Waals surface area contributed by atoms with Crippen LogP contribution >= 0.6 is 24.0 Å².